The fourth-order valence-electron chi connectivity index (χ4n) is 3.42. The summed E-state index contributed by atoms with van der Waals surface area (Å²) in [7, 11) is 0. The van der Waals surface area contributed by atoms with E-state index in [0.29, 0.717) is 0 Å². The van der Waals surface area contributed by atoms with Gasteiger partial charge in [0.05, 0.1) is 10.6 Å². The smallest absolute Gasteiger partial charge is 0.417 e. The van der Waals surface area contributed by atoms with Crippen molar-refractivity contribution < 1.29 is 22.7 Å². The Morgan fingerprint density at radius 2 is 2.00 bits per heavy atom. The zero-order valence-corrected chi connectivity index (χ0v) is 12.4. The molecule has 0 saturated heterocycles. The highest BCUT2D eigenvalue weighted by Gasteiger charge is 2.65. The first-order valence-electron chi connectivity index (χ1n) is 6.77. The number of carbonyl (C=O) groups excluding carboxylic acids is 1. The maximum Gasteiger partial charge on any atom is 0.417 e. The van der Waals surface area contributed by atoms with Crippen LogP contribution in [-0.2, 0) is 11.0 Å². The third-order valence-corrected chi connectivity index (χ3v) is 4.49. The van der Waals surface area contributed by atoms with Gasteiger partial charge in [0.25, 0.3) is 5.91 Å². The van der Waals surface area contributed by atoms with E-state index in [4.69, 9.17) is 16.3 Å². The van der Waals surface area contributed by atoms with Gasteiger partial charge in [0, 0.05) is 5.54 Å². The predicted octanol–water partition coefficient (Wildman–Crippen LogP) is 3.61. The summed E-state index contributed by atoms with van der Waals surface area (Å²) in [6.07, 6.45) is -2.01. The average Bonchev–Trinajstić information content (AvgIpc) is 2.33. The molecule has 2 bridgehead atoms. The number of hydrogen-bond acceptors (Lipinski definition) is 2. The molecule has 4 rings (SSSR count). The Kier molecular flexibility index (Phi) is 3.36. The summed E-state index contributed by atoms with van der Waals surface area (Å²) in [5, 5.41) is 2.45. The molecule has 3 aliphatic rings. The number of benzene rings is 1. The van der Waals surface area contributed by atoms with E-state index in [-0.39, 0.29) is 29.2 Å². The van der Waals surface area contributed by atoms with Crippen molar-refractivity contribution in [1.82, 2.24) is 5.32 Å². The summed E-state index contributed by atoms with van der Waals surface area (Å²) in [6, 6.07) is 3.20. The second kappa shape index (κ2) is 4.78. The molecule has 0 heterocycles. The van der Waals surface area contributed by atoms with Gasteiger partial charge in [-0.05, 0) is 49.8 Å². The fraction of sp³-hybridized carbons (Fsp3) is 0.467. The number of carbonyl (C=O) groups is 1. The molecule has 0 spiro atoms. The molecule has 0 unspecified atom stereocenters. The fourth-order valence-corrected chi connectivity index (χ4v) is 3.65. The summed E-state index contributed by atoms with van der Waals surface area (Å²) in [5.41, 5.74) is -1.03. The number of halogens is 4. The van der Waals surface area contributed by atoms with Crippen molar-refractivity contribution in [3.8, 4) is 5.75 Å². The van der Waals surface area contributed by atoms with Gasteiger partial charge in [-0.1, -0.05) is 11.6 Å². The molecule has 0 aromatic heterocycles. The number of amides is 1. The molecular formula is C15H14ClF3NO2. The number of hydrogen-bond donors (Lipinski definition) is 1. The highest BCUT2D eigenvalue weighted by atomic mass is 35.5. The van der Waals surface area contributed by atoms with Crippen LogP contribution < -0.4 is 10.1 Å². The van der Waals surface area contributed by atoms with Crippen LogP contribution in [0.5, 0.6) is 5.75 Å². The van der Waals surface area contributed by atoms with Gasteiger partial charge < -0.3 is 10.1 Å². The SMILES string of the molecule is [CH2]C12CC(NC(=O)COc3ccc(Cl)c(C(F)(F)F)c3)(C1)C2. The first-order valence-corrected chi connectivity index (χ1v) is 7.15. The normalized spacial score (nSPS) is 29.3. The van der Waals surface area contributed by atoms with Crippen LogP contribution in [-0.4, -0.2) is 18.1 Å². The number of rotatable bonds is 4. The standard InChI is InChI=1S/C15H14ClF3NO2/c1-13-6-14(7-13,8-13)20-12(21)5-22-9-2-3-11(16)10(4-9)15(17,18)19/h2-4H,1,5-8H2,(H,20,21). The summed E-state index contributed by atoms with van der Waals surface area (Å²) in [4.78, 5) is 11.8. The molecule has 1 N–H and O–H groups in total. The van der Waals surface area contributed by atoms with E-state index in [1.807, 2.05) is 0 Å². The van der Waals surface area contributed by atoms with Gasteiger partial charge in [-0.15, -0.1) is 0 Å². The zero-order chi connectivity index (χ0) is 16.2. The van der Waals surface area contributed by atoms with Crippen molar-refractivity contribution >= 4 is 17.5 Å². The molecule has 119 valence electrons. The minimum atomic E-state index is -4.56. The third kappa shape index (κ3) is 2.76. The summed E-state index contributed by atoms with van der Waals surface area (Å²) in [6.45, 7) is 3.70. The minimum absolute atomic E-state index is 0.0434. The summed E-state index contributed by atoms with van der Waals surface area (Å²) < 4.78 is 43.3. The van der Waals surface area contributed by atoms with E-state index in [0.717, 1.165) is 31.4 Å². The van der Waals surface area contributed by atoms with Crippen LogP contribution in [0.4, 0.5) is 13.2 Å². The van der Waals surface area contributed by atoms with Crippen molar-refractivity contribution in [2.24, 2.45) is 5.41 Å². The molecule has 1 amide bonds. The molecule has 0 atom stereocenters. The minimum Gasteiger partial charge on any atom is -0.484 e. The predicted molar refractivity (Wildman–Crippen MR) is 74.5 cm³/mol. The van der Waals surface area contributed by atoms with E-state index >= 15 is 0 Å². The first-order chi connectivity index (χ1) is 10.1. The molecule has 1 radical (unpaired) electrons. The molecule has 22 heavy (non-hydrogen) atoms. The van der Waals surface area contributed by atoms with E-state index < -0.39 is 16.8 Å². The van der Waals surface area contributed by atoms with E-state index in [1.165, 1.54) is 6.07 Å². The van der Waals surface area contributed by atoms with Crippen LogP contribution in [0, 0.1) is 12.3 Å². The Hall–Kier alpha value is -1.43. The van der Waals surface area contributed by atoms with Gasteiger partial charge in [0.15, 0.2) is 6.61 Å². The van der Waals surface area contributed by atoms with Gasteiger partial charge in [-0.3, -0.25) is 4.79 Å². The van der Waals surface area contributed by atoms with Crippen LogP contribution in [0.15, 0.2) is 18.2 Å². The number of nitrogens with one attached hydrogen (secondary N) is 1. The molecular weight excluding hydrogens is 319 g/mol. The van der Waals surface area contributed by atoms with Gasteiger partial charge in [-0.25, -0.2) is 0 Å². The topological polar surface area (TPSA) is 38.3 Å². The number of ether oxygens (including phenoxy) is 1. The van der Waals surface area contributed by atoms with Crippen molar-refractivity contribution in [1.29, 1.82) is 0 Å². The lowest BCUT2D eigenvalue weighted by molar-refractivity contribution is -0.148. The lowest BCUT2D eigenvalue weighted by Gasteiger charge is -2.69. The lowest BCUT2D eigenvalue weighted by Crippen LogP contribution is -2.74. The monoisotopic (exact) mass is 332 g/mol. The summed E-state index contributed by atoms with van der Waals surface area (Å²) in [5.74, 6) is -0.386. The van der Waals surface area contributed by atoms with E-state index in [2.05, 4.69) is 12.2 Å². The Morgan fingerprint density at radius 1 is 1.36 bits per heavy atom. The lowest BCUT2D eigenvalue weighted by atomic mass is 9.40. The van der Waals surface area contributed by atoms with Crippen molar-refractivity contribution in [3.63, 3.8) is 0 Å². The van der Waals surface area contributed by atoms with Crippen molar-refractivity contribution in [3.05, 3.63) is 35.7 Å². The molecule has 3 saturated carbocycles. The van der Waals surface area contributed by atoms with Gasteiger partial charge in [-0.2, -0.15) is 13.2 Å². The molecule has 1 aromatic rings. The molecule has 3 aliphatic carbocycles. The maximum atomic E-state index is 12.7. The second-order valence-corrected chi connectivity index (χ2v) is 6.69. The van der Waals surface area contributed by atoms with Crippen LogP contribution in [0.3, 0.4) is 0 Å². The van der Waals surface area contributed by atoms with Gasteiger partial charge in [0.2, 0.25) is 0 Å². The largest absolute Gasteiger partial charge is 0.484 e. The van der Waals surface area contributed by atoms with Crippen LogP contribution in [0.25, 0.3) is 0 Å². The highest BCUT2D eigenvalue weighted by Crippen LogP contribution is 2.66. The van der Waals surface area contributed by atoms with Crippen molar-refractivity contribution in [2.45, 2.75) is 31.0 Å². The maximum absolute atomic E-state index is 12.7. The first kappa shape index (κ1) is 15.5. The van der Waals surface area contributed by atoms with Crippen LogP contribution >= 0.6 is 11.6 Å². The van der Waals surface area contributed by atoms with Crippen LogP contribution in [0.1, 0.15) is 24.8 Å². The average molecular weight is 333 g/mol. The van der Waals surface area contributed by atoms with Crippen molar-refractivity contribution in [2.75, 3.05) is 6.61 Å². The Balaban J connectivity index is 1.56. The molecule has 3 fully saturated rings. The molecule has 1 aromatic carbocycles. The second-order valence-electron chi connectivity index (χ2n) is 6.29. The third-order valence-electron chi connectivity index (χ3n) is 4.16. The quantitative estimate of drug-likeness (QED) is 0.914. The van der Waals surface area contributed by atoms with Gasteiger partial charge >= 0.3 is 6.18 Å². The number of alkyl halides is 3. The summed E-state index contributed by atoms with van der Waals surface area (Å²) >= 11 is 5.51. The van der Waals surface area contributed by atoms with E-state index in [1.54, 1.807) is 0 Å². The van der Waals surface area contributed by atoms with E-state index in [9.17, 15) is 18.0 Å². The Morgan fingerprint density at radius 3 is 2.55 bits per heavy atom. The zero-order valence-electron chi connectivity index (χ0n) is 11.6. The molecule has 3 nitrogen and oxygen atoms in total. The molecule has 0 aliphatic heterocycles. The Bertz CT molecular complexity index is 610. The Labute approximate surface area is 130 Å². The highest BCUT2D eigenvalue weighted by molar-refractivity contribution is 6.31. The van der Waals surface area contributed by atoms with Gasteiger partial charge in [0.1, 0.15) is 5.75 Å². The molecule has 7 heteroatoms. The van der Waals surface area contributed by atoms with Crippen LogP contribution in [0.2, 0.25) is 5.02 Å².